The Kier molecular flexibility index (Phi) is 4.71. The fourth-order valence-corrected chi connectivity index (χ4v) is 2.26. The molecule has 22 heavy (non-hydrogen) atoms. The molecule has 3 nitrogen and oxygen atoms in total. The molecule has 4 heteroatoms. The number of nitrogens with zero attached hydrogens (tertiary/aromatic N) is 1. The third-order valence-electron chi connectivity index (χ3n) is 3.35. The molecule has 0 saturated heterocycles. The van der Waals surface area contributed by atoms with Crippen molar-refractivity contribution in [2.75, 3.05) is 0 Å². The van der Waals surface area contributed by atoms with E-state index >= 15 is 0 Å². The van der Waals surface area contributed by atoms with Crippen LogP contribution in [0, 0.1) is 19.7 Å². The molecular formula is C18H19FN2O. The van der Waals surface area contributed by atoms with Gasteiger partial charge in [-0.2, -0.15) is 0 Å². The fraction of sp³-hybridized carbons (Fsp3) is 0.222. The number of nitrogens with one attached hydrogen (secondary N) is 1. The minimum atomic E-state index is -0.465. The average molecular weight is 298 g/mol. The van der Waals surface area contributed by atoms with Gasteiger partial charge in [0.1, 0.15) is 11.5 Å². The Morgan fingerprint density at radius 2 is 1.91 bits per heavy atom. The van der Waals surface area contributed by atoms with Crippen LogP contribution in [0.5, 0.6) is 0 Å². The normalized spacial score (nSPS) is 10.2. The highest BCUT2D eigenvalue weighted by molar-refractivity contribution is 6.16. The Hall–Kier alpha value is -2.49. The second-order valence-electron chi connectivity index (χ2n) is 4.88. The van der Waals surface area contributed by atoms with E-state index in [1.165, 1.54) is 6.07 Å². The third kappa shape index (κ3) is 2.77. The van der Waals surface area contributed by atoms with Gasteiger partial charge in [0.25, 0.3) is 0 Å². The Bertz CT molecular complexity index is 821. The van der Waals surface area contributed by atoms with Gasteiger partial charge in [-0.25, -0.2) is 9.37 Å². The first-order chi connectivity index (χ1) is 10.6. The Balaban J connectivity index is 0.000000847. The van der Waals surface area contributed by atoms with Crippen LogP contribution in [0.15, 0.2) is 36.7 Å². The standard InChI is InChI=1S/C16H13FN2O.C2H6/c1-9-6-12-13(8-19-16(12)18-7-9)15(20)11-5-3-4-10(2)14(11)17;1-2/h3-8H,1-2H3,(H,18,19);1-2H3. The van der Waals surface area contributed by atoms with Crippen LogP contribution in [-0.4, -0.2) is 15.8 Å². The molecule has 0 fully saturated rings. The fourth-order valence-electron chi connectivity index (χ4n) is 2.26. The summed E-state index contributed by atoms with van der Waals surface area (Å²) in [6.45, 7) is 7.55. The summed E-state index contributed by atoms with van der Waals surface area (Å²) < 4.78 is 14.1. The van der Waals surface area contributed by atoms with Crippen LogP contribution in [0.1, 0.15) is 40.9 Å². The lowest BCUT2D eigenvalue weighted by atomic mass is 10.0. The summed E-state index contributed by atoms with van der Waals surface area (Å²) in [5.41, 5.74) is 2.58. The molecule has 0 amide bonds. The molecule has 0 unspecified atom stereocenters. The van der Waals surface area contributed by atoms with Gasteiger partial charge < -0.3 is 4.98 Å². The highest BCUT2D eigenvalue weighted by Crippen LogP contribution is 2.22. The predicted octanol–water partition coefficient (Wildman–Crippen LogP) is 4.58. The van der Waals surface area contributed by atoms with Crippen molar-refractivity contribution in [3.05, 3.63) is 64.7 Å². The number of halogens is 1. The lowest BCUT2D eigenvalue weighted by molar-refractivity contribution is 0.103. The Labute approximate surface area is 129 Å². The van der Waals surface area contributed by atoms with E-state index < -0.39 is 5.82 Å². The number of pyridine rings is 1. The van der Waals surface area contributed by atoms with Crippen molar-refractivity contribution in [1.29, 1.82) is 0 Å². The van der Waals surface area contributed by atoms with E-state index in [4.69, 9.17) is 0 Å². The number of aromatic amines is 1. The monoisotopic (exact) mass is 298 g/mol. The largest absolute Gasteiger partial charge is 0.345 e. The maximum Gasteiger partial charge on any atom is 0.198 e. The van der Waals surface area contributed by atoms with E-state index in [1.807, 2.05) is 26.8 Å². The molecule has 2 aromatic heterocycles. The second-order valence-corrected chi connectivity index (χ2v) is 4.88. The van der Waals surface area contributed by atoms with Gasteiger partial charge in [-0.15, -0.1) is 0 Å². The molecule has 0 atom stereocenters. The summed E-state index contributed by atoms with van der Waals surface area (Å²) >= 11 is 0. The van der Waals surface area contributed by atoms with Gasteiger partial charge in [-0.1, -0.05) is 26.0 Å². The first kappa shape index (κ1) is 15.9. The molecule has 0 aliphatic heterocycles. The number of carbonyl (C=O) groups excluding carboxylic acids is 1. The van der Waals surface area contributed by atoms with Crippen molar-refractivity contribution in [3.8, 4) is 0 Å². The third-order valence-corrected chi connectivity index (χ3v) is 3.35. The molecule has 2 heterocycles. The van der Waals surface area contributed by atoms with E-state index in [-0.39, 0.29) is 11.3 Å². The van der Waals surface area contributed by atoms with E-state index in [9.17, 15) is 9.18 Å². The molecule has 0 aliphatic rings. The summed E-state index contributed by atoms with van der Waals surface area (Å²) in [4.78, 5) is 19.7. The van der Waals surface area contributed by atoms with Gasteiger partial charge in [0.15, 0.2) is 5.78 Å². The SMILES string of the molecule is CC.Cc1cnc2[nH]cc(C(=O)c3cccc(C)c3F)c2c1. The van der Waals surface area contributed by atoms with E-state index in [2.05, 4.69) is 9.97 Å². The Morgan fingerprint density at radius 1 is 1.18 bits per heavy atom. The van der Waals surface area contributed by atoms with Crippen LogP contribution in [0.3, 0.4) is 0 Å². The predicted molar refractivity (Wildman–Crippen MR) is 86.7 cm³/mol. The maximum atomic E-state index is 14.1. The average Bonchev–Trinajstić information content (AvgIpc) is 2.94. The summed E-state index contributed by atoms with van der Waals surface area (Å²) in [6, 6.07) is 6.71. The zero-order valence-electron chi connectivity index (χ0n) is 13.2. The van der Waals surface area contributed by atoms with Crippen LogP contribution >= 0.6 is 0 Å². The van der Waals surface area contributed by atoms with Gasteiger partial charge in [0.2, 0.25) is 0 Å². The quantitative estimate of drug-likeness (QED) is 0.704. The molecule has 3 aromatic rings. The first-order valence-electron chi connectivity index (χ1n) is 7.31. The van der Waals surface area contributed by atoms with Crippen LogP contribution in [0.2, 0.25) is 0 Å². The van der Waals surface area contributed by atoms with Crippen molar-refractivity contribution in [1.82, 2.24) is 9.97 Å². The zero-order chi connectivity index (χ0) is 16.3. The molecule has 0 bridgehead atoms. The van der Waals surface area contributed by atoms with Crippen molar-refractivity contribution in [2.45, 2.75) is 27.7 Å². The van der Waals surface area contributed by atoms with Gasteiger partial charge in [-0.3, -0.25) is 4.79 Å². The van der Waals surface area contributed by atoms with E-state index in [0.29, 0.717) is 16.8 Å². The van der Waals surface area contributed by atoms with Crippen LogP contribution in [-0.2, 0) is 0 Å². The number of carbonyl (C=O) groups is 1. The van der Waals surface area contributed by atoms with Gasteiger partial charge in [0, 0.05) is 23.3 Å². The molecule has 0 saturated carbocycles. The molecule has 0 spiro atoms. The molecule has 3 rings (SSSR count). The maximum absolute atomic E-state index is 14.1. The number of benzene rings is 1. The lowest BCUT2D eigenvalue weighted by Gasteiger charge is -2.04. The molecule has 0 radical (unpaired) electrons. The van der Waals surface area contributed by atoms with Gasteiger partial charge in [0.05, 0.1) is 5.56 Å². The number of hydrogen-bond acceptors (Lipinski definition) is 2. The summed E-state index contributed by atoms with van der Waals surface area (Å²) in [5.74, 6) is -0.794. The number of aryl methyl sites for hydroxylation is 2. The van der Waals surface area contributed by atoms with Crippen LogP contribution < -0.4 is 0 Å². The van der Waals surface area contributed by atoms with Gasteiger partial charge in [-0.05, 0) is 37.1 Å². The highest BCUT2D eigenvalue weighted by Gasteiger charge is 2.18. The second kappa shape index (κ2) is 6.52. The van der Waals surface area contributed by atoms with E-state index in [0.717, 1.165) is 10.9 Å². The minimum Gasteiger partial charge on any atom is -0.345 e. The van der Waals surface area contributed by atoms with Crippen molar-refractivity contribution >= 4 is 16.8 Å². The molecule has 114 valence electrons. The highest BCUT2D eigenvalue weighted by atomic mass is 19.1. The molecule has 1 N–H and O–H groups in total. The smallest absolute Gasteiger partial charge is 0.198 e. The van der Waals surface area contributed by atoms with Crippen LogP contribution in [0.25, 0.3) is 11.0 Å². The summed E-state index contributed by atoms with van der Waals surface area (Å²) in [5, 5.41) is 0.718. The number of aromatic nitrogens is 2. The number of rotatable bonds is 2. The minimum absolute atomic E-state index is 0.0902. The topological polar surface area (TPSA) is 45.8 Å². The summed E-state index contributed by atoms with van der Waals surface area (Å²) in [7, 11) is 0. The number of ketones is 1. The molecular weight excluding hydrogens is 279 g/mol. The van der Waals surface area contributed by atoms with Crippen molar-refractivity contribution in [3.63, 3.8) is 0 Å². The number of fused-ring (bicyclic) bond motifs is 1. The van der Waals surface area contributed by atoms with Crippen LogP contribution in [0.4, 0.5) is 4.39 Å². The Morgan fingerprint density at radius 3 is 2.64 bits per heavy atom. The molecule has 0 aliphatic carbocycles. The number of H-pyrrole nitrogens is 1. The summed E-state index contributed by atoms with van der Waals surface area (Å²) in [6.07, 6.45) is 3.31. The molecule has 1 aromatic carbocycles. The number of hydrogen-bond donors (Lipinski definition) is 1. The van der Waals surface area contributed by atoms with E-state index in [1.54, 1.807) is 31.5 Å². The van der Waals surface area contributed by atoms with Gasteiger partial charge >= 0.3 is 0 Å². The lowest BCUT2D eigenvalue weighted by Crippen LogP contribution is -2.04. The van der Waals surface area contributed by atoms with Crippen molar-refractivity contribution in [2.24, 2.45) is 0 Å². The zero-order valence-corrected chi connectivity index (χ0v) is 13.2. The first-order valence-corrected chi connectivity index (χ1v) is 7.31. The van der Waals surface area contributed by atoms with Crippen molar-refractivity contribution < 1.29 is 9.18 Å².